The minimum absolute atomic E-state index is 0.0284. The lowest BCUT2D eigenvalue weighted by atomic mass is 10.1. The second kappa shape index (κ2) is 12.4. The monoisotopic (exact) mass is 340 g/mol. The first-order chi connectivity index (χ1) is 11.5. The molecule has 24 heavy (non-hydrogen) atoms. The van der Waals surface area contributed by atoms with Crippen molar-refractivity contribution >= 4 is 0 Å². The van der Waals surface area contributed by atoms with E-state index >= 15 is 0 Å². The number of halogens is 1. The SMILES string of the molecule is C/C(CC/C=C(\C)CC/C=C(\C)COC1CCCCO1)=C(/F)CO. The molecule has 1 fully saturated rings. The van der Waals surface area contributed by atoms with Gasteiger partial charge in [-0.15, -0.1) is 0 Å². The fourth-order valence-corrected chi connectivity index (χ4v) is 2.58. The highest BCUT2D eigenvalue weighted by Crippen LogP contribution is 2.16. The van der Waals surface area contributed by atoms with E-state index in [4.69, 9.17) is 14.6 Å². The quantitative estimate of drug-likeness (QED) is 0.554. The zero-order valence-corrected chi connectivity index (χ0v) is 15.4. The van der Waals surface area contributed by atoms with Gasteiger partial charge in [-0.1, -0.05) is 23.3 Å². The van der Waals surface area contributed by atoms with Crippen molar-refractivity contribution in [3.05, 3.63) is 34.7 Å². The van der Waals surface area contributed by atoms with E-state index in [2.05, 4.69) is 26.0 Å². The average Bonchev–Trinajstić information content (AvgIpc) is 2.60. The zero-order chi connectivity index (χ0) is 17.8. The normalized spacial score (nSPS) is 21.0. The van der Waals surface area contributed by atoms with E-state index in [-0.39, 0.29) is 6.29 Å². The van der Waals surface area contributed by atoms with Crippen LogP contribution in [0, 0.1) is 0 Å². The molecule has 0 aliphatic carbocycles. The smallest absolute Gasteiger partial charge is 0.158 e. The Morgan fingerprint density at radius 2 is 1.83 bits per heavy atom. The van der Waals surface area contributed by atoms with Crippen LogP contribution >= 0.6 is 0 Å². The summed E-state index contributed by atoms with van der Waals surface area (Å²) in [5.41, 5.74) is 3.19. The molecular weight excluding hydrogens is 307 g/mol. The van der Waals surface area contributed by atoms with Crippen molar-refractivity contribution in [3.8, 4) is 0 Å². The Hall–Kier alpha value is -0.970. The molecule has 4 heteroatoms. The molecule has 1 unspecified atom stereocenters. The van der Waals surface area contributed by atoms with E-state index in [0.717, 1.165) is 38.7 Å². The first kappa shape index (κ1) is 21.1. The molecule has 0 aromatic heterocycles. The van der Waals surface area contributed by atoms with E-state index in [9.17, 15) is 4.39 Å². The van der Waals surface area contributed by atoms with Crippen LogP contribution in [0.3, 0.4) is 0 Å². The van der Waals surface area contributed by atoms with Crippen molar-refractivity contribution in [2.75, 3.05) is 19.8 Å². The van der Waals surface area contributed by atoms with Gasteiger partial charge in [0.05, 0.1) is 13.2 Å². The second-order valence-corrected chi connectivity index (χ2v) is 6.63. The lowest BCUT2D eigenvalue weighted by Gasteiger charge is -2.22. The Morgan fingerprint density at radius 3 is 2.50 bits per heavy atom. The van der Waals surface area contributed by atoms with Crippen LogP contribution in [0.15, 0.2) is 34.7 Å². The first-order valence-corrected chi connectivity index (χ1v) is 9.02. The molecule has 1 heterocycles. The van der Waals surface area contributed by atoms with Crippen LogP contribution in [0.2, 0.25) is 0 Å². The van der Waals surface area contributed by atoms with Crippen LogP contribution < -0.4 is 0 Å². The van der Waals surface area contributed by atoms with Crippen LogP contribution in [0.25, 0.3) is 0 Å². The third-order valence-electron chi connectivity index (χ3n) is 4.28. The lowest BCUT2D eigenvalue weighted by molar-refractivity contribution is -0.156. The maximum atomic E-state index is 13.1. The molecule has 1 saturated heterocycles. The Kier molecular flexibility index (Phi) is 10.9. The van der Waals surface area contributed by atoms with E-state index in [1.165, 1.54) is 17.6 Å². The van der Waals surface area contributed by atoms with Crippen molar-refractivity contribution in [2.45, 2.75) is 72.0 Å². The van der Waals surface area contributed by atoms with E-state index < -0.39 is 12.4 Å². The molecule has 1 rings (SSSR count). The van der Waals surface area contributed by atoms with Crippen LogP contribution in [0.1, 0.15) is 65.7 Å². The van der Waals surface area contributed by atoms with Gasteiger partial charge in [0.15, 0.2) is 6.29 Å². The number of aliphatic hydroxyl groups is 1. The second-order valence-electron chi connectivity index (χ2n) is 6.63. The molecule has 1 N–H and O–H groups in total. The van der Waals surface area contributed by atoms with E-state index in [1.807, 2.05) is 0 Å². The van der Waals surface area contributed by atoms with Crippen molar-refractivity contribution in [1.82, 2.24) is 0 Å². The highest BCUT2D eigenvalue weighted by molar-refractivity contribution is 5.08. The number of hydrogen-bond donors (Lipinski definition) is 1. The molecule has 1 aliphatic rings. The fraction of sp³-hybridized carbons (Fsp3) is 0.700. The minimum atomic E-state index is -0.493. The van der Waals surface area contributed by atoms with Crippen LogP contribution in [-0.2, 0) is 9.47 Å². The predicted octanol–water partition coefficient (Wildman–Crippen LogP) is 5.22. The summed E-state index contributed by atoms with van der Waals surface area (Å²) < 4.78 is 24.4. The first-order valence-electron chi connectivity index (χ1n) is 9.02. The Bertz CT molecular complexity index is 446. The largest absolute Gasteiger partial charge is 0.389 e. The van der Waals surface area contributed by atoms with Gasteiger partial charge in [-0.25, -0.2) is 4.39 Å². The Labute approximate surface area is 146 Å². The Balaban J connectivity index is 2.20. The lowest BCUT2D eigenvalue weighted by Crippen LogP contribution is -2.22. The van der Waals surface area contributed by atoms with Gasteiger partial charge < -0.3 is 14.6 Å². The van der Waals surface area contributed by atoms with Gasteiger partial charge in [-0.3, -0.25) is 0 Å². The summed E-state index contributed by atoms with van der Waals surface area (Å²) in [4.78, 5) is 0. The number of hydrogen-bond acceptors (Lipinski definition) is 3. The van der Waals surface area contributed by atoms with Gasteiger partial charge in [-0.2, -0.15) is 0 Å². The molecule has 0 bridgehead atoms. The third kappa shape index (κ3) is 9.36. The highest BCUT2D eigenvalue weighted by atomic mass is 19.1. The van der Waals surface area contributed by atoms with E-state index in [1.54, 1.807) is 6.92 Å². The number of rotatable bonds is 10. The molecule has 3 nitrogen and oxygen atoms in total. The number of allylic oxidation sites excluding steroid dienone is 4. The average molecular weight is 340 g/mol. The van der Waals surface area contributed by atoms with Gasteiger partial charge in [0.2, 0.25) is 0 Å². The van der Waals surface area contributed by atoms with Crippen LogP contribution in [0.4, 0.5) is 4.39 Å². The summed E-state index contributed by atoms with van der Waals surface area (Å²) in [5, 5.41) is 8.74. The predicted molar refractivity (Wildman–Crippen MR) is 96.4 cm³/mol. The number of ether oxygens (including phenoxy) is 2. The van der Waals surface area contributed by atoms with Crippen LogP contribution in [-0.4, -0.2) is 31.2 Å². The maximum Gasteiger partial charge on any atom is 0.158 e. The summed E-state index contributed by atoms with van der Waals surface area (Å²) in [6.45, 7) is 6.89. The van der Waals surface area contributed by atoms with Crippen LogP contribution in [0.5, 0.6) is 0 Å². The van der Waals surface area contributed by atoms with Gasteiger partial charge in [0, 0.05) is 6.61 Å². The summed E-state index contributed by atoms with van der Waals surface area (Å²) in [7, 11) is 0. The van der Waals surface area contributed by atoms with E-state index in [0.29, 0.717) is 18.6 Å². The standard InChI is InChI=1S/C20H33FO3/c1-16(9-7-11-18(3)19(21)14-22)8-6-10-17(2)15-24-20-12-4-5-13-23-20/h9-10,20,22H,4-8,11-15H2,1-3H3/b16-9+,17-10+,19-18-. The molecule has 1 aliphatic heterocycles. The molecule has 0 aromatic rings. The van der Waals surface area contributed by atoms with Gasteiger partial charge in [0.25, 0.3) is 0 Å². The molecule has 138 valence electrons. The summed E-state index contributed by atoms with van der Waals surface area (Å²) in [5.74, 6) is -0.401. The van der Waals surface area contributed by atoms with Gasteiger partial charge >= 0.3 is 0 Å². The summed E-state index contributed by atoms with van der Waals surface area (Å²) in [6, 6.07) is 0. The van der Waals surface area contributed by atoms with Gasteiger partial charge in [0.1, 0.15) is 5.83 Å². The molecular formula is C20H33FO3. The molecule has 0 spiro atoms. The molecule has 0 radical (unpaired) electrons. The third-order valence-corrected chi connectivity index (χ3v) is 4.28. The molecule has 1 atom stereocenters. The van der Waals surface area contributed by atoms with Gasteiger partial charge in [-0.05, 0) is 71.3 Å². The summed E-state index contributed by atoms with van der Waals surface area (Å²) in [6.07, 6.45) is 11.1. The topological polar surface area (TPSA) is 38.7 Å². The molecule has 0 aromatic carbocycles. The maximum absolute atomic E-state index is 13.1. The van der Waals surface area contributed by atoms with Crippen molar-refractivity contribution in [1.29, 1.82) is 0 Å². The Morgan fingerprint density at radius 1 is 1.12 bits per heavy atom. The number of aliphatic hydroxyl groups excluding tert-OH is 1. The highest BCUT2D eigenvalue weighted by Gasteiger charge is 2.13. The molecule has 0 saturated carbocycles. The summed E-state index contributed by atoms with van der Waals surface area (Å²) >= 11 is 0. The molecule has 0 amide bonds. The fourth-order valence-electron chi connectivity index (χ4n) is 2.58. The minimum Gasteiger partial charge on any atom is -0.389 e. The van der Waals surface area contributed by atoms with Crippen molar-refractivity contribution < 1.29 is 19.0 Å². The van der Waals surface area contributed by atoms with Crippen molar-refractivity contribution in [2.24, 2.45) is 0 Å². The zero-order valence-electron chi connectivity index (χ0n) is 15.4. The van der Waals surface area contributed by atoms with Crippen molar-refractivity contribution in [3.63, 3.8) is 0 Å².